The van der Waals surface area contributed by atoms with Gasteiger partial charge in [0.05, 0.1) is 11.4 Å². The third-order valence-corrected chi connectivity index (χ3v) is 3.11. The van der Waals surface area contributed by atoms with Crippen molar-refractivity contribution < 1.29 is 9.18 Å². The van der Waals surface area contributed by atoms with Crippen molar-refractivity contribution in [1.82, 2.24) is 4.57 Å². The maximum absolute atomic E-state index is 13.7. The maximum Gasteiger partial charge on any atom is 0.266 e. The molecule has 0 saturated carbocycles. The molecule has 0 unspecified atom stereocenters. The molecule has 2 rings (SSSR count). The van der Waals surface area contributed by atoms with Crippen LogP contribution in [0.25, 0.3) is 0 Å². The molecule has 20 heavy (non-hydrogen) atoms. The summed E-state index contributed by atoms with van der Waals surface area (Å²) >= 11 is 3.14. The van der Waals surface area contributed by atoms with Crippen LogP contribution >= 0.6 is 15.9 Å². The van der Waals surface area contributed by atoms with E-state index in [9.17, 15) is 14.0 Å². The number of benzene rings is 1. The lowest BCUT2D eigenvalue weighted by Crippen LogP contribution is -2.26. The zero-order chi connectivity index (χ0) is 14.9. The predicted molar refractivity (Wildman–Crippen MR) is 76.4 cm³/mol. The molecule has 0 aliphatic carbocycles. The van der Waals surface area contributed by atoms with Gasteiger partial charge < -0.3 is 15.6 Å². The Bertz CT molecular complexity index is 743. The van der Waals surface area contributed by atoms with Gasteiger partial charge in [0.15, 0.2) is 0 Å². The summed E-state index contributed by atoms with van der Waals surface area (Å²) in [6, 6.07) is 8.26. The second-order valence-electron chi connectivity index (χ2n) is 4.04. The van der Waals surface area contributed by atoms with Crippen LogP contribution in [0.2, 0.25) is 0 Å². The smallest absolute Gasteiger partial charge is 0.266 e. The number of nitrogens with one attached hydrogen (secondary N) is 1. The summed E-state index contributed by atoms with van der Waals surface area (Å²) in [7, 11) is 1.41. The fraction of sp³-hybridized carbons (Fsp3) is 0.0769. The normalized spacial score (nSPS) is 10.3. The minimum atomic E-state index is -0.787. The minimum Gasteiger partial charge on any atom is -0.364 e. The van der Waals surface area contributed by atoms with Gasteiger partial charge >= 0.3 is 0 Å². The quantitative estimate of drug-likeness (QED) is 0.897. The van der Waals surface area contributed by atoms with E-state index < -0.39 is 17.3 Å². The van der Waals surface area contributed by atoms with Crippen molar-refractivity contribution in [2.24, 2.45) is 12.8 Å². The summed E-state index contributed by atoms with van der Waals surface area (Å²) in [6.07, 6.45) is 0. The number of pyridine rings is 1. The fourth-order valence-electron chi connectivity index (χ4n) is 1.61. The van der Waals surface area contributed by atoms with Crippen LogP contribution < -0.4 is 16.6 Å². The number of rotatable bonds is 3. The van der Waals surface area contributed by atoms with Crippen molar-refractivity contribution in [2.45, 2.75) is 0 Å². The summed E-state index contributed by atoms with van der Waals surface area (Å²) in [5, 5.41) is 2.69. The number of halogens is 2. The van der Waals surface area contributed by atoms with Crippen molar-refractivity contribution >= 4 is 33.2 Å². The highest BCUT2D eigenvalue weighted by molar-refractivity contribution is 9.10. The van der Waals surface area contributed by atoms with Gasteiger partial charge in [-0.05, 0) is 18.2 Å². The van der Waals surface area contributed by atoms with Crippen molar-refractivity contribution in [2.75, 3.05) is 5.32 Å². The zero-order valence-corrected chi connectivity index (χ0v) is 12.0. The maximum atomic E-state index is 13.7. The number of carbonyl (C=O) groups excluding carboxylic acids is 1. The number of anilines is 2. The first-order valence-electron chi connectivity index (χ1n) is 5.53. The van der Waals surface area contributed by atoms with E-state index in [-0.39, 0.29) is 17.1 Å². The van der Waals surface area contributed by atoms with E-state index in [1.165, 1.54) is 25.2 Å². The number of nitrogens with zero attached hydrogens (tertiary/aromatic N) is 1. The highest BCUT2D eigenvalue weighted by Gasteiger charge is 2.11. The van der Waals surface area contributed by atoms with Crippen LogP contribution in [0.1, 0.15) is 10.5 Å². The largest absolute Gasteiger partial charge is 0.364 e. The molecule has 1 aromatic carbocycles. The lowest BCUT2D eigenvalue weighted by atomic mass is 10.2. The van der Waals surface area contributed by atoms with E-state index in [2.05, 4.69) is 27.3 Å². The number of aromatic nitrogens is 1. The standard InChI is InChI=1S/C13H10BrFN3O2/c1-18-11(13(16)20)5-8(6-12(18)19)17-10-3-2-7(14)4-9(10)15/h2-4,6,17H,1H3,(H2,16,20). The summed E-state index contributed by atoms with van der Waals surface area (Å²) in [6.45, 7) is 0. The van der Waals surface area contributed by atoms with Gasteiger partial charge in [-0.1, -0.05) is 15.9 Å². The SMILES string of the molecule is Cn1c(C(N)=O)[c]c(Nc2ccc(Br)cc2F)cc1=O. The number of carbonyl (C=O) groups is 1. The van der Waals surface area contributed by atoms with Crippen molar-refractivity contribution in [1.29, 1.82) is 0 Å². The van der Waals surface area contributed by atoms with Gasteiger partial charge in [0.2, 0.25) is 0 Å². The van der Waals surface area contributed by atoms with Crippen LogP contribution in [-0.4, -0.2) is 10.5 Å². The van der Waals surface area contributed by atoms with Gasteiger partial charge in [-0.15, -0.1) is 0 Å². The average molecular weight is 339 g/mol. The monoisotopic (exact) mass is 338 g/mol. The molecule has 0 atom stereocenters. The molecule has 0 spiro atoms. The molecule has 0 bridgehead atoms. The number of primary amides is 1. The average Bonchev–Trinajstić information content (AvgIpc) is 2.36. The fourth-order valence-corrected chi connectivity index (χ4v) is 1.94. The Morgan fingerprint density at radius 3 is 2.75 bits per heavy atom. The molecule has 0 aliphatic rings. The van der Waals surface area contributed by atoms with Gasteiger partial charge in [-0.2, -0.15) is 0 Å². The van der Waals surface area contributed by atoms with Gasteiger partial charge in [-0.25, -0.2) is 4.39 Å². The molecule has 7 heteroatoms. The van der Waals surface area contributed by atoms with E-state index in [0.717, 1.165) is 4.57 Å². The minimum absolute atomic E-state index is 0.0856. The molecular weight excluding hydrogens is 329 g/mol. The first kappa shape index (κ1) is 14.3. The van der Waals surface area contributed by atoms with Gasteiger partial charge in [0.1, 0.15) is 11.5 Å². The van der Waals surface area contributed by atoms with Crippen molar-refractivity contribution in [3.05, 3.63) is 56.7 Å². The van der Waals surface area contributed by atoms with Crippen molar-refractivity contribution in [3.63, 3.8) is 0 Å². The highest BCUT2D eigenvalue weighted by Crippen LogP contribution is 2.22. The van der Waals surface area contributed by atoms with Gasteiger partial charge in [-0.3, -0.25) is 9.59 Å². The molecule has 0 saturated heterocycles. The second-order valence-corrected chi connectivity index (χ2v) is 4.96. The Kier molecular flexibility index (Phi) is 3.89. The Hall–Kier alpha value is -2.15. The molecule has 3 N–H and O–H groups in total. The molecule has 0 aliphatic heterocycles. The predicted octanol–water partition coefficient (Wildman–Crippen LogP) is 1.93. The Morgan fingerprint density at radius 2 is 2.15 bits per heavy atom. The molecule has 1 aromatic heterocycles. The molecule has 1 radical (unpaired) electrons. The van der Waals surface area contributed by atoms with Crippen LogP contribution in [0.3, 0.4) is 0 Å². The summed E-state index contributed by atoms with van der Waals surface area (Å²) in [5.41, 5.74) is 4.96. The zero-order valence-electron chi connectivity index (χ0n) is 10.4. The van der Waals surface area contributed by atoms with Crippen LogP contribution in [0.4, 0.5) is 15.8 Å². The van der Waals surface area contributed by atoms with Gasteiger partial charge in [0.25, 0.3) is 11.5 Å². The number of nitrogens with two attached hydrogens (primary N) is 1. The first-order valence-corrected chi connectivity index (χ1v) is 6.33. The summed E-state index contributed by atoms with van der Waals surface area (Å²) < 4.78 is 15.4. The molecule has 2 aromatic rings. The lowest BCUT2D eigenvalue weighted by molar-refractivity contribution is 0.0991. The highest BCUT2D eigenvalue weighted by atomic mass is 79.9. The molecule has 0 fully saturated rings. The van der Waals surface area contributed by atoms with Crippen LogP contribution in [-0.2, 0) is 7.05 Å². The molecular formula is C13H10BrFN3O2. The summed E-state index contributed by atoms with van der Waals surface area (Å²) in [5.74, 6) is -1.29. The Morgan fingerprint density at radius 1 is 1.45 bits per heavy atom. The third kappa shape index (κ3) is 2.88. The second kappa shape index (κ2) is 5.46. The van der Waals surface area contributed by atoms with E-state index in [0.29, 0.717) is 4.47 Å². The lowest BCUT2D eigenvalue weighted by Gasteiger charge is -2.10. The van der Waals surface area contributed by atoms with Crippen LogP contribution in [0, 0.1) is 11.9 Å². The topological polar surface area (TPSA) is 77.1 Å². The number of amides is 1. The number of hydrogen-bond donors (Lipinski definition) is 2. The number of hydrogen-bond acceptors (Lipinski definition) is 3. The molecule has 1 amide bonds. The first-order chi connectivity index (χ1) is 9.38. The van der Waals surface area contributed by atoms with E-state index in [1.807, 2.05) is 0 Å². The molecule has 5 nitrogen and oxygen atoms in total. The third-order valence-electron chi connectivity index (χ3n) is 2.62. The van der Waals surface area contributed by atoms with E-state index >= 15 is 0 Å². The van der Waals surface area contributed by atoms with Crippen LogP contribution in [0.5, 0.6) is 0 Å². The van der Waals surface area contributed by atoms with Crippen LogP contribution in [0.15, 0.2) is 33.5 Å². The van der Waals surface area contributed by atoms with E-state index in [4.69, 9.17) is 5.73 Å². The Balaban J connectivity index is 2.44. The molecule has 103 valence electrons. The summed E-state index contributed by atoms with van der Waals surface area (Å²) in [4.78, 5) is 22.9. The van der Waals surface area contributed by atoms with Crippen molar-refractivity contribution in [3.8, 4) is 0 Å². The molecule has 1 heterocycles. The van der Waals surface area contributed by atoms with Gasteiger partial charge in [0, 0.05) is 23.7 Å². The Labute approximate surface area is 122 Å². The van der Waals surface area contributed by atoms with E-state index in [1.54, 1.807) is 6.07 Å².